The van der Waals surface area contributed by atoms with Crippen LogP contribution in [0, 0.1) is 0 Å². The van der Waals surface area contributed by atoms with Gasteiger partial charge in [0.15, 0.2) is 0 Å². The Kier molecular flexibility index (Phi) is 14.4. The Bertz CT molecular complexity index is 178. The van der Waals surface area contributed by atoms with E-state index in [0.717, 1.165) is 13.0 Å². The molecule has 0 saturated carbocycles. The highest BCUT2D eigenvalue weighted by Crippen LogP contribution is 2.10. The van der Waals surface area contributed by atoms with Gasteiger partial charge >= 0.3 is 0 Å². The molecule has 0 rings (SSSR count). The van der Waals surface area contributed by atoms with Gasteiger partial charge in [0.25, 0.3) is 0 Å². The van der Waals surface area contributed by atoms with Crippen LogP contribution in [-0.2, 0) is 9.53 Å². The van der Waals surface area contributed by atoms with Crippen LogP contribution in [0.5, 0.6) is 0 Å². The predicted octanol–water partition coefficient (Wildman–Crippen LogP) is 4.90. The van der Waals surface area contributed by atoms with Crippen LogP contribution in [-0.4, -0.2) is 19.0 Å². The molecule has 2 nitrogen and oxygen atoms in total. The number of hydrogen-bond donors (Lipinski definition) is 0. The number of carbonyl (C=O) groups is 1. The first-order chi connectivity index (χ1) is 8.77. The summed E-state index contributed by atoms with van der Waals surface area (Å²) < 4.78 is 5.40. The van der Waals surface area contributed by atoms with E-state index in [1.807, 2.05) is 0 Å². The fourth-order valence-electron chi connectivity index (χ4n) is 2.01. The molecule has 108 valence electrons. The van der Waals surface area contributed by atoms with Gasteiger partial charge in [0, 0.05) is 13.0 Å². The third-order valence-corrected chi connectivity index (χ3v) is 3.24. The van der Waals surface area contributed by atoms with Crippen LogP contribution in [0.3, 0.4) is 0 Å². The standard InChI is InChI=1S/C16H32O2/c1-3-4-5-6-7-8-9-10-11-12-14-18-15-13-16(2)17/h3-15H2,1-2H3. The van der Waals surface area contributed by atoms with E-state index in [4.69, 9.17) is 4.74 Å². The fourth-order valence-corrected chi connectivity index (χ4v) is 2.01. The molecule has 0 unspecified atom stereocenters. The molecule has 2 heteroatoms. The Morgan fingerprint density at radius 3 is 1.78 bits per heavy atom. The highest BCUT2D eigenvalue weighted by Gasteiger charge is 1.95. The maximum Gasteiger partial charge on any atom is 0.132 e. The van der Waals surface area contributed by atoms with E-state index in [1.54, 1.807) is 6.92 Å². The average Bonchev–Trinajstić information content (AvgIpc) is 2.34. The van der Waals surface area contributed by atoms with Crippen LogP contribution < -0.4 is 0 Å². The minimum absolute atomic E-state index is 0.220. The first kappa shape index (κ1) is 17.6. The first-order valence-corrected chi connectivity index (χ1v) is 7.84. The third-order valence-electron chi connectivity index (χ3n) is 3.24. The minimum atomic E-state index is 0.220. The SMILES string of the molecule is CCCCCCCCCCCCOCCC(C)=O. The lowest BCUT2D eigenvalue weighted by Crippen LogP contribution is -2.01. The topological polar surface area (TPSA) is 26.3 Å². The number of unbranched alkanes of at least 4 members (excludes halogenated alkanes) is 9. The lowest BCUT2D eigenvalue weighted by atomic mass is 10.1. The Morgan fingerprint density at radius 1 is 0.778 bits per heavy atom. The summed E-state index contributed by atoms with van der Waals surface area (Å²) in [6.45, 7) is 5.30. The quantitative estimate of drug-likeness (QED) is 0.413. The minimum Gasteiger partial charge on any atom is -0.381 e. The molecule has 0 aromatic rings. The van der Waals surface area contributed by atoms with Gasteiger partial charge in [0.05, 0.1) is 6.61 Å². The molecule has 0 aliphatic heterocycles. The highest BCUT2D eigenvalue weighted by atomic mass is 16.5. The second-order valence-electron chi connectivity index (χ2n) is 5.25. The molecule has 0 radical (unpaired) electrons. The zero-order valence-electron chi connectivity index (χ0n) is 12.5. The Hall–Kier alpha value is -0.370. The van der Waals surface area contributed by atoms with E-state index in [1.165, 1.54) is 57.8 Å². The molecule has 0 aromatic heterocycles. The van der Waals surface area contributed by atoms with E-state index < -0.39 is 0 Å². The maximum absolute atomic E-state index is 10.7. The van der Waals surface area contributed by atoms with E-state index in [0.29, 0.717) is 13.0 Å². The maximum atomic E-state index is 10.7. The molecule has 0 saturated heterocycles. The lowest BCUT2D eigenvalue weighted by Gasteiger charge is -2.03. The smallest absolute Gasteiger partial charge is 0.132 e. The summed E-state index contributed by atoms with van der Waals surface area (Å²) in [6.07, 6.45) is 14.1. The van der Waals surface area contributed by atoms with Crippen LogP contribution in [0.25, 0.3) is 0 Å². The van der Waals surface area contributed by atoms with Gasteiger partial charge in [-0.05, 0) is 13.3 Å². The van der Waals surface area contributed by atoms with Crippen molar-refractivity contribution in [3.05, 3.63) is 0 Å². The van der Waals surface area contributed by atoms with E-state index in [2.05, 4.69) is 6.92 Å². The van der Waals surface area contributed by atoms with Crippen LogP contribution in [0.15, 0.2) is 0 Å². The van der Waals surface area contributed by atoms with Crippen LogP contribution in [0.4, 0.5) is 0 Å². The van der Waals surface area contributed by atoms with E-state index in [9.17, 15) is 4.79 Å². The zero-order valence-corrected chi connectivity index (χ0v) is 12.5. The molecule has 0 amide bonds. The normalized spacial score (nSPS) is 10.8. The van der Waals surface area contributed by atoms with Crippen molar-refractivity contribution in [3.63, 3.8) is 0 Å². The van der Waals surface area contributed by atoms with Gasteiger partial charge in [-0.15, -0.1) is 0 Å². The van der Waals surface area contributed by atoms with Crippen molar-refractivity contribution in [1.29, 1.82) is 0 Å². The molecule has 0 atom stereocenters. The van der Waals surface area contributed by atoms with Crippen molar-refractivity contribution < 1.29 is 9.53 Å². The highest BCUT2D eigenvalue weighted by molar-refractivity contribution is 5.75. The number of hydrogen-bond acceptors (Lipinski definition) is 2. The molecule has 0 spiro atoms. The molecular weight excluding hydrogens is 224 g/mol. The molecular formula is C16H32O2. The van der Waals surface area contributed by atoms with Gasteiger partial charge in [-0.25, -0.2) is 0 Å². The van der Waals surface area contributed by atoms with Gasteiger partial charge in [-0.3, -0.25) is 4.79 Å². The Labute approximate surface area is 113 Å². The molecule has 0 heterocycles. The number of ether oxygens (including phenoxy) is 1. The van der Waals surface area contributed by atoms with Gasteiger partial charge in [0.1, 0.15) is 5.78 Å². The molecule has 18 heavy (non-hydrogen) atoms. The predicted molar refractivity (Wildman–Crippen MR) is 78.0 cm³/mol. The second kappa shape index (κ2) is 14.7. The van der Waals surface area contributed by atoms with E-state index >= 15 is 0 Å². The monoisotopic (exact) mass is 256 g/mol. The molecule has 0 aliphatic carbocycles. The van der Waals surface area contributed by atoms with Crippen LogP contribution in [0.2, 0.25) is 0 Å². The third kappa shape index (κ3) is 15.6. The number of carbonyl (C=O) groups excluding carboxylic acids is 1. The lowest BCUT2D eigenvalue weighted by molar-refractivity contribution is -0.118. The van der Waals surface area contributed by atoms with E-state index in [-0.39, 0.29) is 5.78 Å². The Balaban J connectivity index is 2.92. The van der Waals surface area contributed by atoms with Crippen molar-refractivity contribution in [2.75, 3.05) is 13.2 Å². The van der Waals surface area contributed by atoms with Crippen molar-refractivity contribution >= 4 is 5.78 Å². The van der Waals surface area contributed by atoms with Gasteiger partial charge in [-0.1, -0.05) is 64.7 Å². The van der Waals surface area contributed by atoms with Gasteiger partial charge < -0.3 is 4.74 Å². The van der Waals surface area contributed by atoms with Gasteiger partial charge in [0.2, 0.25) is 0 Å². The summed E-state index contributed by atoms with van der Waals surface area (Å²) >= 11 is 0. The summed E-state index contributed by atoms with van der Waals surface area (Å²) in [5, 5.41) is 0. The fraction of sp³-hybridized carbons (Fsp3) is 0.938. The Morgan fingerprint density at radius 2 is 1.28 bits per heavy atom. The summed E-state index contributed by atoms with van der Waals surface area (Å²) in [5.74, 6) is 0.220. The molecule has 0 N–H and O–H groups in total. The molecule has 0 aromatic carbocycles. The molecule has 0 fully saturated rings. The molecule has 0 aliphatic rings. The van der Waals surface area contributed by atoms with Crippen molar-refractivity contribution in [2.45, 2.75) is 84.5 Å². The van der Waals surface area contributed by atoms with Crippen LogP contribution >= 0.6 is 0 Å². The summed E-state index contributed by atoms with van der Waals surface area (Å²) in [6, 6.07) is 0. The number of Topliss-reactive ketones (excluding diaryl/α,β-unsaturated/α-hetero) is 1. The summed E-state index contributed by atoms with van der Waals surface area (Å²) in [5.41, 5.74) is 0. The summed E-state index contributed by atoms with van der Waals surface area (Å²) in [7, 11) is 0. The largest absolute Gasteiger partial charge is 0.381 e. The number of ketones is 1. The number of rotatable bonds is 14. The first-order valence-electron chi connectivity index (χ1n) is 7.84. The van der Waals surface area contributed by atoms with Crippen molar-refractivity contribution in [3.8, 4) is 0 Å². The summed E-state index contributed by atoms with van der Waals surface area (Å²) in [4.78, 5) is 10.7. The zero-order chi connectivity index (χ0) is 13.5. The average molecular weight is 256 g/mol. The second-order valence-corrected chi connectivity index (χ2v) is 5.25. The van der Waals surface area contributed by atoms with Crippen molar-refractivity contribution in [2.24, 2.45) is 0 Å². The van der Waals surface area contributed by atoms with Crippen LogP contribution in [0.1, 0.15) is 84.5 Å². The van der Waals surface area contributed by atoms with Crippen molar-refractivity contribution in [1.82, 2.24) is 0 Å². The van der Waals surface area contributed by atoms with Gasteiger partial charge in [-0.2, -0.15) is 0 Å². The molecule has 0 bridgehead atoms.